The van der Waals surface area contributed by atoms with Crippen molar-refractivity contribution in [1.29, 1.82) is 0 Å². The molecule has 6 heteroatoms. The van der Waals surface area contributed by atoms with E-state index < -0.39 is 10.0 Å². The zero-order valence-corrected chi connectivity index (χ0v) is 11.9. The predicted octanol–water partition coefficient (Wildman–Crippen LogP) is 1.12. The van der Waals surface area contributed by atoms with Crippen LogP contribution in [0.3, 0.4) is 0 Å². The second-order valence-corrected chi connectivity index (χ2v) is 6.28. The molecule has 1 heterocycles. The van der Waals surface area contributed by atoms with E-state index in [1.807, 2.05) is 6.92 Å². The molecular formula is C13H20N2O3S. The first kappa shape index (κ1) is 14.3. The summed E-state index contributed by atoms with van der Waals surface area (Å²) >= 11 is 0. The van der Waals surface area contributed by atoms with E-state index in [9.17, 15) is 8.42 Å². The number of hydrogen-bond donors (Lipinski definition) is 2. The first-order valence-electron chi connectivity index (χ1n) is 6.58. The van der Waals surface area contributed by atoms with E-state index in [1.165, 1.54) is 0 Å². The number of rotatable bonds is 5. The van der Waals surface area contributed by atoms with E-state index in [1.54, 1.807) is 24.3 Å². The van der Waals surface area contributed by atoms with Crippen molar-refractivity contribution in [3.05, 3.63) is 24.3 Å². The molecule has 0 bridgehead atoms. The van der Waals surface area contributed by atoms with Crippen molar-refractivity contribution in [3.63, 3.8) is 0 Å². The molecule has 19 heavy (non-hydrogen) atoms. The molecule has 1 saturated heterocycles. The lowest BCUT2D eigenvalue weighted by atomic mass is 10.1. The third-order valence-corrected chi connectivity index (χ3v) is 4.60. The second-order valence-electron chi connectivity index (χ2n) is 4.57. The fourth-order valence-corrected chi connectivity index (χ4v) is 3.39. The quantitative estimate of drug-likeness (QED) is 0.850. The Bertz CT molecular complexity index is 493. The van der Waals surface area contributed by atoms with Gasteiger partial charge in [-0.3, -0.25) is 0 Å². The van der Waals surface area contributed by atoms with Gasteiger partial charge in [-0.2, -0.15) is 0 Å². The highest BCUT2D eigenvalue weighted by atomic mass is 32.2. The molecule has 1 aromatic rings. The molecular weight excluding hydrogens is 264 g/mol. The van der Waals surface area contributed by atoms with Crippen LogP contribution in [-0.2, 0) is 10.0 Å². The van der Waals surface area contributed by atoms with Gasteiger partial charge in [-0.25, -0.2) is 13.1 Å². The summed E-state index contributed by atoms with van der Waals surface area (Å²) in [7, 11) is -3.44. The maximum Gasteiger partial charge on any atom is 0.240 e. The fraction of sp³-hybridized carbons (Fsp3) is 0.538. The SMILES string of the molecule is CCOc1ccc(S(=O)(=O)NC2CCCNC2)cc1. The minimum absolute atomic E-state index is 0.0229. The molecule has 0 radical (unpaired) electrons. The van der Waals surface area contributed by atoms with Gasteiger partial charge in [0.2, 0.25) is 10.0 Å². The second kappa shape index (κ2) is 6.36. The van der Waals surface area contributed by atoms with Crippen LogP contribution < -0.4 is 14.8 Å². The summed E-state index contributed by atoms with van der Waals surface area (Å²) in [6, 6.07) is 6.48. The third kappa shape index (κ3) is 3.92. The highest BCUT2D eigenvalue weighted by Gasteiger charge is 2.21. The lowest BCUT2D eigenvalue weighted by Crippen LogP contribution is -2.45. The summed E-state index contributed by atoms with van der Waals surface area (Å²) < 4.78 is 32.4. The average Bonchev–Trinajstić information content (AvgIpc) is 2.40. The Morgan fingerprint density at radius 2 is 2.11 bits per heavy atom. The van der Waals surface area contributed by atoms with Gasteiger partial charge < -0.3 is 10.1 Å². The van der Waals surface area contributed by atoms with Crippen LogP contribution in [0.2, 0.25) is 0 Å². The zero-order chi connectivity index (χ0) is 13.7. The van der Waals surface area contributed by atoms with Crippen LogP contribution in [0, 0.1) is 0 Å². The van der Waals surface area contributed by atoms with Gasteiger partial charge in [-0.15, -0.1) is 0 Å². The normalized spacial score (nSPS) is 20.2. The van der Waals surface area contributed by atoms with Gasteiger partial charge in [0.25, 0.3) is 0 Å². The summed E-state index contributed by atoms with van der Waals surface area (Å²) in [6.07, 6.45) is 1.87. The van der Waals surface area contributed by atoms with Crippen LogP contribution in [-0.4, -0.2) is 34.2 Å². The maximum atomic E-state index is 12.2. The van der Waals surface area contributed by atoms with Gasteiger partial charge in [0, 0.05) is 12.6 Å². The molecule has 0 saturated carbocycles. The van der Waals surface area contributed by atoms with E-state index in [2.05, 4.69) is 10.0 Å². The van der Waals surface area contributed by atoms with Crippen LogP contribution >= 0.6 is 0 Å². The van der Waals surface area contributed by atoms with E-state index in [0.29, 0.717) is 18.9 Å². The Morgan fingerprint density at radius 3 is 2.68 bits per heavy atom. The standard InChI is InChI=1S/C13H20N2O3S/c1-2-18-12-5-7-13(8-6-12)19(16,17)15-11-4-3-9-14-10-11/h5-8,11,14-15H,2-4,9-10H2,1H3. The number of hydrogen-bond acceptors (Lipinski definition) is 4. The van der Waals surface area contributed by atoms with E-state index >= 15 is 0 Å². The van der Waals surface area contributed by atoms with Crippen molar-refractivity contribution in [2.24, 2.45) is 0 Å². The molecule has 0 aliphatic carbocycles. The Labute approximate surface area is 114 Å². The summed E-state index contributed by atoms with van der Waals surface area (Å²) in [5, 5.41) is 3.19. The molecule has 106 valence electrons. The summed E-state index contributed by atoms with van der Waals surface area (Å²) in [5.41, 5.74) is 0. The van der Waals surface area contributed by atoms with Gasteiger partial charge in [0.05, 0.1) is 11.5 Å². The first-order valence-corrected chi connectivity index (χ1v) is 8.06. The Hall–Kier alpha value is -1.11. The van der Waals surface area contributed by atoms with Crippen molar-refractivity contribution >= 4 is 10.0 Å². The van der Waals surface area contributed by atoms with Crippen molar-refractivity contribution in [2.45, 2.75) is 30.7 Å². The van der Waals surface area contributed by atoms with Crippen LogP contribution in [0.15, 0.2) is 29.2 Å². The summed E-state index contributed by atoms with van der Waals surface area (Å²) in [6.45, 7) is 4.11. The van der Waals surface area contributed by atoms with Crippen molar-refractivity contribution in [2.75, 3.05) is 19.7 Å². The predicted molar refractivity (Wildman–Crippen MR) is 73.8 cm³/mol. The number of piperidine rings is 1. The van der Waals surface area contributed by atoms with Crippen molar-refractivity contribution in [1.82, 2.24) is 10.0 Å². The minimum Gasteiger partial charge on any atom is -0.494 e. The molecule has 2 N–H and O–H groups in total. The minimum atomic E-state index is -3.44. The first-order chi connectivity index (χ1) is 9.12. The van der Waals surface area contributed by atoms with Crippen LogP contribution in [0.25, 0.3) is 0 Å². The largest absolute Gasteiger partial charge is 0.494 e. The van der Waals surface area contributed by atoms with Crippen LogP contribution in [0.4, 0.5) is 0 Å². The van der Waals surface area contributed by atoms with Crippen molar-refractivity contribution < 1.29 is 13.2 Å². The Morgan fingerprint density at radius 1 is 1.37 bits per heavy atom. The molecule has 1 fully saturated rings. The number of nitrogens with one attached hydrogen (secondary N) is 2. The van der Waals surface area contributed by atoms with E-state index in [4.69, 9.17) is 4.74 Å². The molecule has 0 aromatic heterocycles. The average molecular weight is 284 g/mol. The molecule has 1 atom stereocenters. The third-order valence-electron chi connectivity index (χ3n) is 3.06. The molecule has 0 amide bonds. The van der Waals surface area contributed by atoms with Crippen LogP contribution in [0.1, 0.15) is 19.8 Å². The number of ether oxygens (including phenoxy) is 1. The van der Waals surface area contributed by atoms with Gasteiger partial charge in [0.15, 0.2) is 0 Å². The Kier molecular flexibility index (Phi) is 4.79. The molecule has 1 aliphatic heterocycles. The highest BCUT2D eigenvalue weighted by molar-refractivity contribution is 7.89. The molecule has 1 unspecified atom stereocenters. The number of sulfonamides is 1. The lowest BCUT2D eigenvalue weighted by Gasteiger charge is -2.23. The Balaban J connectivity index is 2.05. The summed E-state index contributed by atoms with van der Waals surface area (Å²) in [4.78, 5) is 0.279. The monoisotopic (exact) mass is 284 g/mol. The zero-order valence-electron chi connectivity index (χ0n) is 11.1. The summed E-state index contributed by atoms with van der Waals surface area (Å²) in [5.74, 6) is 0.681. The molecule has 0 spiro atoms. The maximum absolute atomic E-state index is 12.2. The fourth-order valence-electron chi connectivity index (χ4n) is 2.12. The van der Waals surface area contributed by atoms with Gasteiger partial charge in [0.1, 0.15) is 5.75 Å². The van der Waals surface area contributed by atoms with Crippen molar-refractivity contribution in [3.8, 4) is 5.75 Å². The smallest absolute Gasteiger partial charge is 0.240 e. The van der Waals surface area contributed by atoms with Gasteiger partial charge in [-0.05, 0) is 50.6 Å². The van der Waals surface area contributed by atoms with E-state index in [-0.39, 0.29) is 10.9 Å². The van der Waals surface area contributed by atoms with Gasteiger partial charge in [-0.1, -0.05) is 0 Å². The molecule has 1 aromatic carbocycles. The van der Waals surface area contributed by atoms with Crippen LogP contribution in [0.5, 0.6) is 5.75 Å². The lowest BCUT2D eigenvalue weighted by molar-refractivity contribution is 0.340. The highest BCUT2D eigenvalue weighted by Crippen LogP contribution is 2.16. The van der Waals surface area contributed by atoms with Gasteiger partial charge >= 0.3 is 0 Å². The van der Waals surface area contributed by atoms with E-state index in [0.717, 1.165) is 19.4 Å². The number of benzene rings is 1. The molecule has 2 rings (SSSR count). The molecule has 5 nitrogen and oxygen atoms in total. The molecule has 1 aliphatic rings. The topological polar surface area (TPSA) is 67.4 Å².